The summed E-state index contributed by atoms with van der Waals surface area (Å²) in [4.78, 5) is 30.5. The number of ether oxygens (including phenoxy) is 2. The molecule has 1 aliphatic heterocycles. The van der Waals surface area contributed by atoms with Crippen molar-refractivity contribution in [2.45, 2.75) is 13.5 Å². The number of carboxylic acid groups (broad SMARTS) is 1. The van der Waals surface area contributed by atoms with Gasteiger partial charge in [-0.2, -0.15) is 0 Å². The van der Waals surface area contributed by atoms with Gasteiger partial charge in [-0.25, -0.2) is 14.2 Å². The highest BCUT2D eigenvalue weighted by Crippen LogP contribution is 2.38. The molecular weight excluding hydrogens is 610 g/mol. The molecule has 0 spiro atoms. The number of likely N-dealkylation sites (N-methyl/N-ethyl adjacent to an activating group) is 1. The fraction of sp³-hybridized carbons (Fsp3) is 0.148. The molecule has 0 radical (unpaired) electrons. The number of carboxylic acids is 1. The number of hydrogen-bond acceptors (Lipinski definition) is 6. The van der Waals surface area contributed by atoms with E-state index in [9.17, 15) is 19.1 Å². The van der Waals surface area contributed by atoms with Gasteiger partial charge in [0.15, 0.2) is 16.7 Å². The smallest absolute Gasteiger partial charge is 0.335 e. The van der Waals surface area contributed by atoms with Crippen LogP contribution < -0.4 is 9.47 Å². The van der Waals surface area contributed by atoms with Gasteiger partial charge < -0.3 is 14.6 Å². The Kier molecular flexibility index (Phi) is 8.49. The molecule has 3 aromatic rings. The number of amidine groups is 1. The lowest BCUT2D eigenvalue weighted by molar-refractivity contribution is -0.121. The first-order chi connectivity index (χ1) is 17.7. The third kappa shape index (κ3) is 6.50. The number of aliphatic imine (C=N–C) groups is 1. The molecule has 0 bridgehead atoms. The van der Waals surface area contributed by atoms with Gasteiger partial charge in [-0.1, -0.05) is 18.2 Å². The topological polar surface area (TPSA) is 88.4 Å². The molecule has 0 aromatic heterocycles. The number of nitrogens with zero attached hydrogens (tertiary/aromatic N) is 2. The van der Waals surface area contributed by atoms with E-state index in [0.717, 1.165) is 14.7 Å². The van der Waals surface area contributed by atoms with Gasteiger partial charge >= 0.3 is 5.97 Å². The van der Waals surface area contributed by atoms with Crippen molar-refractivity contribution < 1.29 is 28.6 Å². The van der Waals surface area contributed by atoms with Gasteiger partial charge in [-0.3, -0.25) is 9.69 Å². The SMILES string of the molecule is CCOc1cc(C=C2SC(=Nc3cccc(C(=O)O)c3)N(C)C2=O)cc(I)c1OCc1ccc(F)cc1. The van der Waals surface area contributed by atoms with E-state index in [0.29, 0.717) is 33.9 Å². The molecule has 3 aromatic carbocycles. The minimum Gasteiger partial charge on any atom is -0.490 e. The van der Waals surface area contributed by atoms with Gasteiger partial charge in [0.25, 0.3) is 5.91 Å². The highest BCUT2D eigenvalue weighted by atomic mass is 127. The summed E-state index contributed by atoms with van der Waals surface area (Å²) in [7, 11) is 1.62. The average Bonchev–Trinajstić information content (AvgIpc) is 3.12. The standard InChI is InChI=1S/C27H22FIN2O5S/c1-3-35-22-12-17(11-21(29)24(22)36-15-16-7-9-19(28)10-8-16)13-23-25(32)31(2)27(37-23)30-20-6-4-5-18(14-20)26(33)34/h4-14H,3,15H2,1-2H3,(H,33,34). The Morgan fingerprint density at radius 3 is 2.62 bits per heavy atom. The van der Waals surface area contributed by atoms with E-state index < -0.39 is 5.97 Å². The molecule has 4 rings (SSSR count). The number of carbonyl (C=O) groups excluding carboxylic acids is 1. The van der Waals surface area contributed by atoms with Crippen LogP contribution in [0.1, 0.15) is 28.4 Å². The van der Waals surface area contributed by atoms with E-state index in [1.54, 1.807) is 43.5 Å². The molecule has 37 heavy (non-hydrogen) atoms. The van der Waals surface area contributed by atoms with Gasteiger partial charge in [0.05, 0.1) is 26.3 Å². The predicted molar refractivity (Wildman–Crippen MR) is 150 cm³/mol. The number of aromatic carboxylic acids is 1. The van der Waals surface area contributed by atoms with Gasteiger partial charge in [0, 0.05) is 7.05 Å². The highest BCUT2D eigenvalue weighted by molar-refractivity contribution is 14.1. The van der Waals surface area contributed by atoms with Crippen molar-refractivity contribution in [3.8, 4) is 11.5 Å². The summed E-state index contributed by atoms with van der Waals surface area (Å²) in [6.07, 6.45) is 1.76. The molecule has 1 aliphatic rings. The number of hydrogen-bond donors (Lipinski definition) is 1. The monoisotopic (exact) mass is 632 g/mol. The minimum atomic E-state index is -1.05. The van der Waals surface area contributed by atoms with Crippen molar-refractivity contribution in [2.24, 2.45) is 4.99 Å². The minimum absolute atomic E-state index is 0.120. The maximum absolute atomic E-state index is 13.2. The zero-order valence-electron chi connectivity index (χ0n) is 19.9. The van der Waals surface area contributed by atoms with E-state index in [1.807, 2.05) is 13.0 Å². The Labute approximate surface area is 231 Å². The summed E-state index contributed by atoms with van der Waals surface area (Å²) >= 11 is 3.36. The van der Waals surface area contributed by atoms with Crippen LogP contribution in [-0.4, -0.2) is 40.7 Å². The van der Waals surface area contributed by atoms with Gasteiger partial charge in [-0.15, -0.1) is 0 Å². The van der Waals surface area contributed by atoms with Crippen molar-refractivity contribution in [3.05, 3.63) is 91.6 Å². The molecular formula is C27H22FIN2O5S. The summed E-state index contributed by atoms with van der Waals surface area (Å²) in [5.41, 5.74) is 2.14. The molecule has 0 unspecified atom stereocenters. The van der Waals surface area contributed by atoms with Crippen LogP contribution >= 0.6 is 34.4 Å². The first-order valence-corrected chi connectivity index (χ1v) is 13.1. The van der Waals surface area contributed by atoms with Crippen molar-refractivity contribution >= 4 is 63.2 Å². The molecule has 1 heterocycles. The van der Waals surface area contributed by atoms with Gasteiger partial charge in [0.1, 0.15) is 12.4 Å². The van der Waals surface area contributed by atoms with Crippen LogP contribution in [0.4, 0.5) is 10.1 Å². The lowest BCUT2D eigenvalue weighted by atomic mass is 10.1. The Morgan fingerprint density at radius 2 is 1.92 bits per heavy atom. The number of thioether (sulfide) groups is 1. The van der Waals surface area contributed by atoms with Crippen LogP contribution in [0.3, 0.4) is 0 Å². The lowest BCUT2D eigenvalue weighted by Crippen LogP contribution is -2.23. The van der Waals surface area contributed by atoms with Crippen molar-refractivity contribution in [1.82, 2.24) is 4.90 Å². The second-order valence-electron chi connectivity index (χ2n) is 7.90. The van der Waals surface area contributed by atoms with Crippen LogP contribution in [0.25, 0.3) is 6.08 Å². The average molecular weight is 632 g/mol. The third-order valence-corrected chi connectivity index (χ3v) is 7.11. The summed E-state index contributed by atoms with van der Waals surface area (Å²) in [6, 6.07) is 16.0. The maximum Gasteiger partial charge on any atom is 0.335 e. The van der Waals surface area contributed by atoms with Crippen LogP contribution in [0, 0.1) is 9.39 Å². The van der Waals surface area contributed by atoms with Crippen molar-refractivity contribution in [2.75, 3.05) is 13.7 Å². The first kappa shape index (κ1) is 26.7. The Hall–Kier alpha value is -3.38. The zero-order chi connectivity index (χ0) is 26.5. The Balaban J connectivity index is 1.59. The highest BCUT2D eigenvalue weighted by Gasteiger charge is 2.30. The maximum atomic E-state index is 13.2. The van der Waals surface area contributed by atoms with E-state index in [2.05, 4.69) is 27.6 Å². The Bertz CT molecular complexity index is 1410. The predicted octanol–water partition coefficient (Wildman–Crippen LogP) is 6.34. The normalized spacial score (nSPS) is 15.5. The number of benzene rings is 3. The second-order valence-corrected chi connectivity index (χ2v) is 10.1. The molecule has 10 heteroatoms. The van der Waals surface area contributed by atoms with Crippen molar-refractivity contribution in [3.63, 3.8) is 0 Å². The number of rotatable bonds is 8. The fourth-order valence-electron chi connectivity index (χ4n) is 3.43. The third-order valence-electron chi connectivity index (χ3n) is 5.25. The van der Waals surface area contributed by atoms with E-state index in [1.165, 1.54) is 40.9 Å². The molecule has 0 saturated carbocycles. The van der Waals surface area contributed by atoms with Crippen molar-refractivity contribution in [1.29, 1.82) is 0 Å². The number of carbonyl (C=O) groups is 2. The van der Waals surface area contributed by atoms with Gasteiger partial charge in [-0.05, 0) is 101 Å². The van der Waals surface area contributed by atoms with E-state index >= 15 is 0 Å². The molecule has 1 saturated heterocycles. The largest absolute Gasteiger partial charge is 0.490 e. The summed E-state index contributed by atoms with van der Waals surface area (Å²) < 4.78 is 25.8. The molecule has 1 fully saturated rings. The molecule has 190 valence electrons. The summed E-state index contributed by atoms with van der Waals surface area (Å²) in [6.45, 7) is 2.54. The Morgan fingerprint density at radius 1 is 1.16 bits per heavy atom. The fourth-order valence-corrected chi connectivity index (χ4v) is 5.20. The molecule has 7 nitrogen and oxygen atoms in total. The summed E-state index contributed by atoms with van der Waals surface area (Å²) in [5, 5.41) is 9.66. The van der Waals surface area contributed by atoms with Crippen LogP contribution in [0.5, 0.6) is 11.5 Å². The zero-order valence-corrected chi connectivity index (χ0v) is 22.9. The first-order valence-electron chi connectivity index (χ1n) is 11.2. The lowest BCUT2D eigenvalue weighted by Gasteiger charge is -2.15. The molecule has 1 amide bonds. The molecule has 0 atom stereocenters. The molecule has 0 aliphatic carbocycles. The quantitative estimate of drug-likeness (QED) is 0.231. The van der Waals surface area contributed by atoms with E-state index in [-0.39, 0.29) is 23.9 Å². The number of amides is 1. The molecule has 1 N–H and O–H groups in total. The van der Waals surface area contributed by atoms with Gasteiger partial charge in [0.2, 0.25) is 0 Å². The van der Waals surface area contributed by atoms with E-state index in [4.69, 9.17) is 9.47 Å². The second kappa shape index (κ2) is 11.8. The van der Waals surface area contributed by atoms with Crippen LogP contribution in [0.2, 0.25) is 0 Å². The number of halogens is 2. The van der Waals surface area contributed by atoms with Crippen LogP contribution in [-0.2, 0) is 11.4 Å². The van der Waals surface area contributed by atoms with Crippen LogP contribution in [0.15, 0.2) is 70.6 Å². The summed E-state index contributed by atoms with van der Waals surface area (Å²) in [5.74, 6) is -0.472.